The lowest BCUT2D eigenvalue weighted by atomic mass is 10.3. The Morgan fingerprint density at radius 2 is 1.60 bits per heavy atom. The highest BCUT2D eigenvalue weighted by molar-refractivity contribution is 8.08. The first-order valence-corrected chi connectivity index (χ1v) is 5.71. The van der Waals surface area contributed by atoms with E-state index in [4.69, 9.17) is 10.7 Å². The van der Waals surface area contributed by atoms with Crippen LogP contribution >= 0.6 is 10.7 Å². The van der Waals surface area contributed by atoms with Crippen LogP contribution in [0.15, 0.2) is 4.90 Å². The fourth-order valence-electron chi connectivity index (χ4n) is 1.07. The molecule has 8 heteroatoms. The maximum Gasteiger partial charge on any atom is 0.451 e. The summed E-state index contributed by atoms with van der Waals surface area (Å²) < 4.78 is 47.7. The molecule has 1 unspecified atom stereocenters. The number of halogens is 4. The molecule has 0 radical (unpaired) electrons. The van der Waals surface area contributed by atoms with Gasteiger partial charge in [0.05, 0.1) is 16.3 Å². The Hall–Kier alpha value is -0.690. The summed E-state index contributed by atoms with van der Waals surface area (Å²) in [6.07, 6.45) is -4.61. The van der Waals surface area contributed by atoms with Crippen molar-refractivity contribution < 1.29 is 17.4 Å². The van der Waals surface area contributed by atoms with Crippen LogP contribution in [0.1, 0.15) is 17.2 Å². The third-order valence-corrected chi connectivity index (χ3v) is 2.99. The molecule has 0 N–H and O–H groups in total. The molecule has 0 aliphatic heterocycles. The third-order valence-electron chi connectivity index (χ3n) is 1.62. The standard InChI is InChI=1S/C7H6ClF3N2OS/c1-3-5(15(8)14)4(2)13-6(12-3)7(9,10)11/h1-2H3. The fraction of sp³-hybridized carbons (Fsp3) is 0.429. The van der Waals surface area contributed by atoms with Crippen LogP contribution in [-0.4, -0.2) is 14.2 Å². The first-order valence-electron chi connectivity index (χ1n) is 3.74. The molecule has 1 aromatic rings. The van der Waals surface area contributed by atoms with Gasteiger partial charge in [0.1, 0.15) is 0 Å². The Kier molecular flexibility index (Phi) is 3.34. The maximum absolute atomic E-state index is 12.2. The van der Waals surface area contributed by atoms with Gasteiger partial charge in [0.2, 0.25) is 5.82 Å². The Morgan fingerprint density at radius 3 is 1.87 bits per heavy atom. The van der Waals surface area contributed by atoms with Crippen LogP contribution in [0.25, 0.3) is 0 Å². The van der Waals surface area contributed by atoms with Crippen molar-refractivity contribution in [1.82, 2.24) is 9.97 Å². The van der Waals surface area contributed by atoms with Gasteiger partial charge in [-0.2, -0.15) is 13.2 Å². The molecule has 0 saturated heterocycles. The van der Waals surface area contributed by atoms with Crippen LogP contribution in [0.5, 0.6) is 0 Å². The minimum Gasteiger partial charge on any atom is -0.237 e. The number of alkyl halides is 3. The number of hydrogen-bond donors (Lipinski definition) is 0. The predicted molar refractivity (Wildman–Crippen MR) is 48.8 cm³/mol. The number of nitrogens with zero attached hydrogens (tertiary/aromatic N) is 2. The Balaban J connectivity index is 3.39. The molecule has 1 aromatic heterocycles. The molecule has 0 bridgehead atoms. The van der Waals surface area contributed by atoms with Crippen molar-refractivity contribution in [1.29, 1.82) is 0 Å². The van der Waals surface area contributed by atoms with Gasteiger partial charge in [-0.05, 0) is 24.5 Å². The molecular weight excluding hydrogens is 253 g/mol. The summed E-state index contributed by atoms with van der Waals surface area (Å²) in [5.41, 5.74) is -0.0497. The van der Waals surface area contributed by atoms with E-state index in [0.29, 0.717) is 0 Å². The van der Waals surface area contributed by atoms with Crippen LogP contribution in [0.2, 0.25) is 0 Å². The first kappa shape index (κ1) is 12.4. The van der Waals surface area contributed by atoms with E-state index >= 15 is 0 Å². The van der Waals surface area contributed by atoms with Gasteiger partial charge < -0.3 is 0 Å². The van der Waals surface area contributed by atoms with E-state index in [1.807, 2.05) is 0 Å². The largest absolute Gasteiger partial charge is 0.451 e. The molecule has 0 aromatic carbocycles. The predicted octanol–water partition coefficient (Wildman–Crippen LogP) is 2.37. The maximum atomic E-state index is 12.2. The smallest absolute Gasteiger partial charge is 0.237 e. The summed E-state index contributed by atoms with van der Waals surface area (Å²) >= 11 is 0. The molecule has 1 atom stereocenters. The Labute approximate surface area is 90.6 Å². The zero-order chi connectivity index (χ0) is 11.8. The zero-order valence-electron chi connectivity index (χ0n) is 7.72. The molecule has 1 heterocycles. The minimum atomic E-state index is -4.61. The molecule has 3 nitrogen and oxygen atoms in total. The summed E-state index contributed by atoms with van der Waals surface area (Å²) in [5.74, 6) is -1.25. The van der Waals surface area contributed by atoms with Gasteiger partial charge in [-0.3, -0.25) is 0 Å². The lowest BCUT2D eigenvalue weighted by Gasteiger charge is -2.09. The molecule has 1 rings (SSSR count). The van der Waals surface area contributed by atoms with Crippen LogP contribution in [0.3, 0.4) is 0 Å². The van der Waals surface area contributed by atoms with Crippen molar-refractivity contribution in [2.45, 2.75) is 24.9 Å². The van der Waals surface area contributed by atoms with Crippen molar-refractivity contribution in [2.75, 3.05) is 0 Å². The fourth-order valence-corrected chi connectivity index (χ4v) is 2.29. The Bertz CT molecular complexity index is 398. The van der Waals surface area contributed by atoms with E-state index in [1.54, 1.807) is 0 Å². The summed E-state index contributed by atoms with van der Waals surface area (Å²) in [6.45, 7) is 2.61. The van der Waals surface area contributed by atoms with Crippen LogP contribution in [0, 0.1) is 13.8 Å². The lowest BCUT2D eigenvalue weighted by molar-refractivity contribution is -0.145. The van der Waals surface area contributed by atoms with E-state index in [9.17, 15) is 17.4 Å². The Morgan fingerprint density at radius 1 is 1.20 bits per heavy atom. The van der Waals surface area contributed by atoms with E-state index < -0.39 is 22.0 Å². The molecule has 0 amide bonds. The average Bonchev–Trinajstić information content (AvgIpc) is 1.99. The van der Waals surface area contributed by atoms with E-state index in [0.717, 1.165) is 0 Å². The molecular formula is C7H6ClF3N2OS. The number of aromatic nitrogens is 2. The summed E-state index contributed by atoms with van der Waals surface area (Å²) in [4.78, 5) is 6.46. The average molecular weight is 259 g/mol. The topological polar surface area (TPSA) is 42.9 Å². The van der Waals surface area contributed by atoms with Gasteiger partial charge in [0.25, 0.3) is 0 Å². The van der Waals surface area contributed by atoms with Gasteiger partial charge in [-0.1, -0.05) is 0 Å². The lowest BCUT2D eigenvalue weighted by Crippen LogP contribution is -2.14. The second-order valence-corrected chi connectivity index (χ2v) is 4.46. The minimum absolute atomic E-state index is 0.0249. The number of rotatable bonds is 1. The van der Waals surface area contributed by atoms with Crippen molar-refractivity contribution >= 4 is 20.7 Å². The molecule has 84 valence electrons. The van der Waals surface area contributed by atoms with Crippen molar-refractivity contribution in [3.8, 4) is 0 Å². The van der Waals surface area contributed by atoms with Crippen molar-refractivity contribution in [3.63, 3.8) is 0 Å². The van der Waals surface area contributed by atoms with Crippen LogP contribution in [0.4, 0.5) is 13.2 Å². The molecule has 0 aliphatic rings. The monoisotopic (exact) mass is 258 g/mol. The number of aryl methyl sites for hydroxylation is 2. The molecule has 15 heavy (non-hydrogen) atoms. The zero-order valence-corrected chi connectivity index (χ0v) is 9.30. The molecule has 0 spiro atoms. The van der Waals surface area contributed by atoms with Gasteiger partial charge >= 0.3 is 6.18 Å². The summed E-state index contributed by atoms with van der Waals surface area (Å²) in [5, 5.41) is 0. The third kappa shape index (κ3) is 2.66. The van der Waals surface area contributed by atoms with Crippen LogP contribution < -0.4 is 0 Å². The summed E-state index contributed by atoms with van der Waals surface area (Å²) in [6, 6.07) is 0. The first-order chi connectivity index (χ1) is 6.73. The highest BCUT2D eigenvalue weighted by Crippen LogP contribution is 2.28. The summed E-state index contributed by atoms with van der Waals surface area (Å²) in [7, 11) is 3.38. The quantitative estimate of drug-likeness (QED) is 0.727. The molecule has 0 aliphatic carbocycles. The van der Waals surface area contributed by atoms with E-state index in [-0.39, 0.29) is 16.3 Å². The highest BCUT2D eigenvalue weighted by atomic mass is 35.7. The van der Waals surface area contributed by atoms with Gasteiger partial charge in [-0.25, -0.2) is 14.2 Å². The second-order valence-electron chi connectivity index (χ2n) is 2.77. The van der Waals surface area contributed by atoms with E-state index in [2.05, 4.69) is 9.97 Å². The van der Waals surface area contributed by atoms with Gasteiger partial charge in [0.15, 0.2) is 10.0 Å². The number of hydrogen-bond acceptors (Lipinski definition) is 3. The van der Waals surface area contributed by atoms with Gasteiger partial charge in [0, 0.05) is 0 Å². The molecule has 0 fully saturated rings. The van der Waals surface area contributed by atoms with E-state index in [1.165, 1.54) is 13.8 Å². The molecule has 0 saturated carbocycles. The van der Waals surface area contributed by atoms with Crippen LogP contribution in [-0.2, 0) is 16.2 Å². The highest BCUT2D eigenvalue weighted by Gasteiger charge is 2.35. The van der Waals surface area contributed by atoms with Gasteiger partial charge in [-0.15, -0.1) is 0 Å². The SMILES string of the molecule is Cc1nc(C(F)(F)F)nc(C)c1S(=O)Cl. The van der Waals surface area contributed by atoms with Crippen molar-refractivity contribution in [2.24, 2.45) is 0 Å². The second kappa shape index (κ2) is 4.05. The van der Waals surface area contributed by atoms with Crippen molar-refractivity contribution in [3.05, 3.63) is 17.2 Å². The normalized spacial score (nSPS) is 14.0.